The zero-order chi connectivity index (χ0) is 12.3. The van der Waals surface area contributed by atoms with Crippen molar-refractivity contribution in [3.63, 3.8) is 0 Å². The Labute approximate surface area is 95.1 Å². The molecule has 1 heterocycles. The van der Waals surface area contributed by atoms with E-state index in [1.807, 2.05) is 13.0 Å². The molecule has 86 valence electrons. The van der Waals surface area contributed by atoms with E-state index in [1.54, 1.807) is 0 Å². The molecule has 1 N–H and O–H groups in total. The number of hydrogen-bond donors (Lipinski definition) is 1. The van der Waals surface area contributed by atoms with Crippen molar-refractivity contribution in [3.05, 3.63) is 29.4 Å². The van der Waals surface area contributed by atoms with Gasteiger partial charge in [-0.1, -0.05) is 20.8 Å². The molecule has 0 atom stereocenters. The molecule has 4 heteroatoms. The third-order valence-corrected chi connectivity index (χ3v) is 2.01. The van der Waals surface area contributed by atoms with Crippen molar-refractivity contribution >= 4 is 12.0 Å². The topological polar surface area (TPSA) is 63.1 Å². The van der Waals surface area contributed by atoms with E-state index < -0.39 is 5.97 Å². The molecule has 0 spiro atoms. The van der Waals surface area contributed by atoms with Gasteiger partial charge in [0.1, 0.15) is 0 Å². The summed E-state index contributed by atoms with van der Waals surface area (Å²) in [6.07, 6.45) is 2.45. The van der Waals surface area contributed by atoms with Gasteiger partial charge in [-0.25, -0.2) is 14.8 Å². The summed E-state index contributed by atoms with van der Waals surface area (Å²) in [4.78, 5) is 18.9. The van der Waals surface area contributed by atoms with Gasteiger partial charge >= 0.3 is 5.97 Å². The number of nitrogens with zero attached hydrogens (tertiary/aromatic N) is 2. The number of aryl methyl sites for hydroxylation is 1. The minimum atomic E-state index is -0.998. The Balaban J connectivity index is 3.13. The Hall–Kier alpha value is -1.71. The fourth-order valence-electron chi connectivity index (χ4n) is 1.20. The molecule has 4 nitrogen and oxygen atoms in total. The summed E-state index contributed by atoms with van der Waals surface area (Å²) in [6.45, 7) is 8.04. The summed E-state index contributed by atoms with van der Waals surface area (Å²) in [6, 6.07) is 1.91. The van der Waals surface area contributed by atoms with E-state index in [-0.39, 0.29) is 5.41 Å². The zero-order valence-corrected chi connectivity index (χ0v) is 9.98. The van der Waals surface area contributed by atoms with Crippen LogP contribution in [0.5, 0.6) is 0 Å². The molecule has 16 heavy (non-hydrogen) atoms. The number of carboxylic acids is 1. The summed E-state index contributed by atoms with van der Waals surface area (Å²) >= 11 is 0. The second-order valence-corrected chi connectivity index (χ2v) is 4.67. The van der Waals surface area contributed by atoms with Gasteiger partial charge in [0, 0.05) is 17.2 Å². The van der Waals surface area contributed by atoms with Crippen LogP contribution in [0.25, 0.3) is 6.08 Å². The van der Waals surface area contributed by atoms with E-state index >= 15 is 0 Å². The Bertz CT molecular complexity index is 431. The highest BCUT2D eigenvalue weighted by atomic mass is 16.4. The maximum atomic E-state index is 10.4. The zero-order valence-electron chi connectivity index (χ0n) is 9.98. The van der Waals surface area contributed by atoms with Crippen LogP contribution in [0.2, 0.25) is 0 Å². The fraction of sp³-hybridized carbons (Fsp3) is 0.417. The largest absolute Gasteiger partial charge is 0.478 e. The third-order valence-electron chi connectivity index (χ3n) is 2.01. The molecule has 0 fully saturated rings. The highest BCUT2D eigenvalue weighted by Gasteiger charge is 2.16. The average molecular weight is 220 g/mol. The van der Waals surface area contributed by atoms with E-state index in [1.165, 1.54) is 6.08 Å². The van der Waals surface area contributed by atoms with Crippen LogP contribution in [0.3, 0.4) is 0 Å². The van der Waals surface area contributed by atoms with Crippen LogP contribution < -0.4 is 0 Å². The van der Waals surface area contributed by atoms with Crippen LogP contribution in [0.15, 0.2) is 12.1 Å². The van der Waals surface area contributed by atoms with Crippen molar-refractivity contribution in [1.82, 2.24) is 9.97 Å². The van der Waals surface area contributed by atoms with Gasteiger partial charge < -0.3 is 5.11 Å². The molecule has 0 amide bonds. The van der Waals surface area contributed by atoms with Gasteiger partial charge in [-0.15, -0.1) is 0 Å². The number of carboxylic acid groups (broad SMARTS) is 1. The smallest absolute Gasteiger partial charge is 0.328 e. The van der Waals surface area contributed by atoms with Crippen LogP contribution >= 0.6 is 0 Å². The molecule has 1 aromatic heterocycles. The summed E-state index contributed by atoms with van der Waals surface area (Å²) < 4.78 is 0. The lowest BCUT2D eigenvalue weighted by Crippen LogP contribution is -2.15. The summed E-state index contributed by atoms with van der Waals surface area (Å²) in [5, 5.41) is 8.53. The predicted molar refractivity (Wildman–Crippen MR) is 62.1 cm³/mol. The number of carbonyl (C=O) groups is 1. The highest BCUT2D eigenvalue weighted by Crippen LogP contribution is 2.20. The molecule has 0 aliphatic rings. The predicted octanol–water partition coefficient (Wildman–Crippen LogP) is 2.18. The van der Waals surface area contributed by atoms with Crippen LogP contribution in [0.1, 0.15) is 38.0 Å². The molecule has 0 saturated heterocycles. The van der Waals surface area contributed by atoms with E-state index in [2.05, 4.69) is 30.7 Å². The Kier molecular flexibility index (Phi) is 3.42. The van der Waals surface area contributed by atoms with Crippen LogP contribution in [0.4, 0.5) is 0 Å². The lowest BCUT2D eigenvalue weighted by atomic mass is 9.91. The fourth-order valence-corrected chi connectivity index (χ4v) is 1.20. The monoisotopic (exact) mass is 220 g/mol. The number of rotatable bonds is 2. The maximum Gasteiger partial charge on any atom is 0.328 e. The van der Waals surface area contributed by atoms with Crippen molar-refractivity contribution in [1.29, 1.82) is 0 Å². The van der Waals surface area contributed by atoms with Gasteiger partial charge in [-0.3, -0.25) is 0 Å². The molecule has 0 aliphatic carbocycles. The van der Waals surface area contributed by atoms with Crippen LogP contribution in [-0.4, -0.2) is 21.0 Å². The van der Waals surface area contributed by atoms with Crippen LogP contribution in [0, 0.1) is 6.92 Å². The minimum absolute atomic E-state index is 0.0699. The van der Waals surface area contributed by atoms with E-state index in [4.69, 9.17) is 5.11 Å². The molecule has 0 aromatic carbocycles. The normalized spacial score (nSPS) is 12.0. The first-order chi connectivity index (χ1) is 7.29. The second-order valence-electron chi connectivity index (χ2n) is 4.67. The van der Waals surface area contributed by atoms with Crippen molar-refractivity contribution in [3.8, 4) is 0 Å². The number of aliphatic carboxylic acids is 1. The van der Waals surface area contributed by atoms with Crippen LogP contribution in [-0.2, 0) is 10.2 Å². The first kappa shape index (κ1) is 12.4. The molecule has 0 radical (unpaired) electrons. The third kappa shape index (κ3) is 3.46. The SMILES string of the molecule is Cc1cc(C(C)(C)C)nc(/C=C/C(=O)O)n1. The van der Waals surface area contributed by atoms with Gasteiger partial charge in [0.05, 0.1) is 5.69 Å². The van der Waals surface area contributed by atoms with Crippen molar-refractivity contribution < 1.29 is 9.90 Å². The van der Waals surface area contributed by atoms with E-state index in [0.29, 0.717) is 5.82 Å². The van der Waals surface area contributed by atoms with Gasteiger partial charge in [0.2, 0.25) is 0 Å². The summed E-state index contributed by atoms with van der Waals surface area (Å²) in [5.41, 5.74) is 1.68. The van der Waals surface area contributed by atoms with Gasteiger partial charge in [-0.05, 0) is 19.1 Å². The lowest BCUT2D eigenvalue weighted by Gasteiger charge is -2.18. The Morgan fingerprint density at radius 2 is 2.00 bits per heavy atom. The molecular weight excluding hydrogens is 204 g/mol. The van der Waals surface area contributed by atoms with Gasteiger partial charge in [0.15, 0.2) is 5.82 Å². The highest BCUT2D eigenvalue weighted by molar-refractivity contribution is 5.84. The summed E-state index contributed by atoms with van der Waals surface area (Å²) in [5.74, 6) is -0.560. The lowest BCUT2D eigenvalue weighted by molar-refractivity contribution is -0.131. The summed E-state index contributed by atoms with van der Waals surface area (Å²) in [7, 11) is 0. The van der Waals surface area contributed by atoms with E-state index in [9.17, 15) is 4.79 Å². The standard InChI is InChI=1S/C12H16N2O2/c1-8-7-9(12(2,3)4)14-10(13-8)5-6-11(15)16/h5-7H,1-4H3,(H,15,16)/b6-5+. The number of hydrogen-bond acceptors (Lipinski definition) is 3. The molecule has 0 saturated carbocycles. The van der Waals surface area contributed by atoms with Gasteiger partial charge in [-0.2, -0.15) is 0 Å². The van der Waals surface area contributed by atoms with Crippen molar-refractivity contribution in [2.24, 2.45) is 0 Å². The van der Waals surface area contributed by atoms with Crippen molar-refractivity contribution in [2.75, 3.05) is 0 Å². The molecule has 1 aromatic rings. The molecule has 0 bridgehead atoms. The molecular formula is C12H16N2O2. The first-order valence-corrected chi connectivity index (χ1v) is 5.06. The molecule has 0 aliphatic heterocycles. The minimum Gasteiger partial charge on any atom is -0.478 e. The number of aromatic nitrogens is 2. The maximum absolute atomic E-state index is 10.4. The van der Waals surface area contributed by atoms with E-state index in [0.717, 1.165) is 17.5 Å². The second kappa shape index (κ2) is 4.43. The molecule has 1 rings (SSSR count). The van der Waals surface area contributed by atoms with Crippen molar-refractivity contribution in [2.45, 2.75) is 33.1 Å². The Morgan fingerprint density at radius 3 is 2.50 bits per heavy atom. The molecule has 0 unspecified atom stereocenters. The average Bonchev–Trinajstić information content (AvgIpc) is 2.12. The van der Waals surface area contributed by atoms with Gasteiger partial charge in [0.25, 0.3) is 0 Å². The first-order valence-electron chi connectivity index (χ1n) is 5.06. The quantitative estimate of drug-likeness (QED) is 0.776. The Morgan fingerprint density at radius 1 is 1.38 bits per heavy atom.